The van der Waals surface area contributed by atoms with Crippen LogP contribution in [0.1, 0.15) is 57.5 Å². The van der Waals surface area contributed by atoms with Gasteiger partial charge in [-0.3, -0.25) is 9.59 Å². The Morgan fingerprint density at radius 1 is 1.23 bits per heavy atom. The normalized spacial score (nSPS) is 15.1. The molecule has 1 N–H and O–H groups in total. The van der Waals surface area contributed by atoms with E-state index in [2.05, 4.69) is 10.5 Å². The highest BCUT2D eigenvalue weighted by Gasteiger charge is 2.28. The minimum atomic E-state index is -0.0453. The maximum absolute atomic E-state index is 12.8. The molecule has 0 radical (unpaired) electrons. The zero-order valence-corrected chi connectivity index (χ0v) is 15.5. The number of hydrogen-bond donors (Lipinski definition) is 1. The molecule has 0 atom stereocenters. The molecule has 0 unspecified atom stereocenters. The molecule has 1 aromatic heterocycles. The Bertz CT molecular complexity index is 804. The monoisotopic (exact) mass is 355 g/mol. The van der Waals surface area contributed by atoms with Crippen molar-refractivity contribution in [3.05, 3.63) is 52.4 Å². The van der Waals surface area contributed by atoms with Crippen molar-refractivity contribution in [3.8, 4) is 0 Å². The molecular weight excluding hydrogens is 330 g/mol. The number of amides is 2. The van der Waals surface area contributed by atoms with Crippen LogP contribution in [0.25, 0.3) is 0 Å². The number of aryl methyl sites for hydroxylation is 3. The number of piperidine rings is 1. The lowest BCUT2D eigenvalue weighted by atomic mass is 10.0. The average molecular weight is 355 g/mol. The highest BCUT2D eigenvalue weighted by molar-refractivity contribution is 5.97. The molecule has 2 heterocycles. The molecule has 1 aromatic carbocycles. The van der Waals surface area contributed by atoms with Crippen LogP contribution < -0.4 is 5.32 Å². The third-order valence-corrected chi connectivity index (χ3v) is 4.99. The van der Waals surface area contributed by atoms with Gasteiger partial charge in [0.1, 0.15) is 11.3 Å². The molecule has 0 saturated carbocycles. The van der Waals surface area contributed by atoms with E-state index in [0.717, 1.165) is 18.4 Å². The first-order chi connectivity index (χ1) is 12.5. The van der Waals surface area contributed by atoms with Crippen molar-refractivity contribution in [2.24, 2.45) is 0 Å². The van der Waals surface area contributed by atoms with Crippen LogP contribution in [0.2, 0.25) is 0 Å². The van der Waals surface area contributed by atoms with Gasteiger partial charge in [-0.05, 0) is 44.7 Å². The number of benzene rings is 1. The zero-order valence-electron chi connectivity index (χ0n) is 15.5. The number of aromatic nitrogens is 1. The summed E-state index contributed by atoms with van der Waals surface area (Å²) in [6.07, 6.45) is 2.16. The van der Waals surface area contributed by atoms with Crippen LogP contribution in [-0.4, -0.2) is 41.0 Å². The summed E-state index contributed by atoms with van der Waals surface area (Å²) in [6, 6.07) is 7.65. The number of nitrogens with zero attached hydrogens (tertiary/aromatic N) is 2. The zero-order chi connectivity index (χ0) is 18.7. The topological polar surface area (TPSA) is 75.4 Å². The van der Waals surface area contributed by atoms with Crippen molar-refractivity contribution in [2.45, 2.75) is 46.1 Å². The van der Waals surface area contributed by atoms with E-state index in [1.165, 1.54) is 0 Å². The molecule has 0 aliphatic carbocycles. The van der Waals surface area contributed by atoms with Crippen molar-refractivity contribution in [1.82, 2.24) is 15.4 Å². The van der Waals surface area contributed by atoms with E-state index in [4.69, 9.17) is 4.52 Å². The third kappa shape index (κ3) is 3.64. The van der Waals surface area contributed by atoms with Crippen molar-refractivity contribution in [3.63, 3.8) is 0 Å². The minimum absolute atomic E-state index is 0.0238. The Kier molecular flexibility index (Phi) is 5.40. The highest BCUT2D eigenvalue weighted by atomic mass is 16.5. The number of nitrogens with one attached hydrogen (secondary N) is 1. The smallest absolute Gasteiger partial charge is 0.259 e. The second kappa shape index (κ2) is 7.72. The molecule has 0 bridgehead atoms. The Hall–Kier alpha value is -2.63. The fraction of sp³-hybridized carbons (Fsp3) is 0.450. The van der Waals surface area contributed by atoms with Gasteiger partial charge in [-0.25, -0.2) is 0 Å². The first kappa shape index (κ1) is 18.2. The van der Waals surface area contributed by atoms with Gasteiger partial charge >= 0.3 is 0 Å². The van der Waals surface area contributed by atoms with Crippen LogP contribution in [0.4, 0.5) is 0 Å². The molecule has 3 rings (SSSR count). The summed E-state index contributed by atoms with van der Waals surface area (Å²) in [4.78, 5) is 27.1. The molecule has 0 spiro atoms. The first-order valence-electron chi connectivity index (χ1n) is 9.12. The molecule has 6 heteroatoms. The predicted molar refractivity (Wildman–Crippen MR) is 98.2 cm³/mol. The largest absolute Gasteiger partial charge is 0.361 e. The van der Waals surface area contributed by atoms with Crippen molar-refractivity contribution in [1.29, 1.82) is 0 Å². The lowest BCUT2D eigenvalue weighted by Crippen LogP contribution is -2.46. The van der Waals surface area contributed by atoms with Gasteiger partial charge in [0, 0.05) is 24.7 Å². The van der Waals surface area contributed by atoms with Gasteiger partial charge in [0.15, 0.2) is 0 Å². The molecule has 1 aliphatic heterocycles. The third-order valence-electron chi connectivity index (χ3n) is 4.99. The summed E-state index contributed by atoms with van der Waals surface area (Å²) in [7, 11) is 0. The van der Waals surface area contributed by atoms with E-state index in [1.807, 2.05) is 43.0 Å². The fourth-order valence-corrected chi connectivity index (χ4v) is 3.41. The van der Waals surface area contributed by atoms with Crippen LogP contribution in [0, 0.1) is 13.8 Å². The molecule has 26 heavy (non-hydrogen) atoms. The van der Waals surface area contributed by atoms with Crippen LogP contribution in [0.15, 0.2) is 28.8 Å². The van der Waals surface area contributed by atoms with Gasteiger partial charge in [0.25, 0.3) is 11.8 Å². The quantitative estimate of drug-likeness (QED) is 0.915. The molecule has 1 saturated heterocycles. The summed E-state index contributed by atoms with van der Waals surface area (Å²) < 4.78 is 5.18. The molecule has 1 aliphatic rings. The predicted octanol–water partition coefficient (Wildman–Crippen LogP) is 2.89. The van der Waals surface area contributed by atoms with Gasteiger partial charge in [-0.15, -0.1) is 0 Å². The first-order valence-corrected chi connectivity index (χ1v) is 9.12. The highest BCUT2D eigenvalue weighted by Crippen LogP contribution is 2.20. The van der Waals surface area contributed by atoms with Gasteiger partial charge in [-0.2, -0.15) is 0 Å². The van der Waals surface area contributed by atoms with Crippen LogP contribution in [0.3, 0.4) is 0 Å². The van der Waals surface area contributed by atoms with Crippen LogP contribution in [0.5, 0.6) is 0 Å². The molecular formula is C20H25N3O3. The minimum Gasteiger partial charge on any atom is -0.361 e. The summed E-state index contributed by atoms with van der Waals surface area (Å²) in [5, 5.41) is 7.06. The summed E-state index contributed by atoms with van der Waals surface area (Å²) in [5.74, 6) is 0.502. The number of likely N-dealkylation sites (tertiary alicyclic amines) is 1. The Labute approximate surface area is 153 Å². The van der Waals surface area contributed by atoms with E-state index in [-0.39, 0.29) is 17.9 Å². The van der Waals surface area contributed by atoms with E-state index in [0.29, 0.717) is 42.1 Å². The standard InChI is InChI=1S/C20H25N3O3/c1-4-17-18(14(3)26-22-17)20(25)23-11-9-15(10-12-23)21-19(24)16-8-6-5-7-13(16)2/h5-8,15H,4,9-12H2,1-3H3,(H,21,24). The van der Waals surface area contributed by atoms with Crippen LogP contribution in [-0.2, 0) is 6.42 Å². The summed E-state index contributed by atoms with van der Waals surface area (Å²) in [5.41, 5.74) is 2.98. The van der Waals surface area contributed by atoms with Gasteiger partial charge in [0.2, 0.25) is 0 Å². The Morgan fingerprint density at radius 3 is 2.58 bits per heavy atom. The maximum Gasteiger partial charge on any atom is 0.259 e. The lowest BCUT2D eigenvalue weighted by molar-refractivity contribution is 0.0695. The summed E-state index contributed by atoms with van der Waals surface area (Å²) in [6.45, 7) is 6.90. The van der Waals surface area contributed by atoms with Gasteiger partial charge < -0.3 is 14.7 Å². The maximum atomic E-state index is 12.8. The molecule has 2 amide bonds. The molecule has 2 aromatic rings. The van der Waals surface area contributed by atoms with E-state index >= 15 is 0 Å². The summed E-state index contributed by atoms with van der Waals surface area (Å²) >= 11 is 0. The van der Waals surface area contributed by atoms with Gasteiger partial charge in [0.05, 0.1) is 5.69 Å². The molecule has 138 valence electrons. The molecule has 1 fully saturated rings. The van der Waals surface area contributed by atoms with Gasteiger partial charge in [-0.1, -0.05) is 30.3 Å². The van der Waals surface area contributed by atoms with E-state index < -0.39 is 0 Å². The van der Waals surface area contributed by atoms with Crippen molar-refractivity contribution < 1.29 is 14.1 Å². The number of rotatable bonds is 4. The fourth-order valence-electron chi connectivity index (χ4n) is 3.41. The number of carbonyl (C=O) groups is 2. The number of hydrogen-bond acceptors (Lipinski definition) is 4. The second-order valence-electron chi connectivity index (χ2n) is 6.77. The van der Waals surface area contributed by atoms with Crippen molar-refractivity contribution in [2.75, 3.05) is 13.1 Å². The van der Waals surface area contributed by atoms with Crippen LogP contribution >= 0.6 is 0 Å². The SMILES string of the molecule is CCc1noc(C)c1C(=O)N1CCC(NC(=O)c2ccccc2C)CC1. The Balaban J connectivity index is 1.59. The second-order valence-corrected chi connectivity index (χ2v) is 6.77. The Morgan fingerprint density at radius 2 is 1.92 bits per heavy atom. The lowest BCUT2D eigenvalue weighted by Gasteiger charge is -2.32. The number of carbonyl (C=O) groups excluding carboxylic acids is 2. The average Bonchev–Trinajstić information content (AvgIpc) is 3.02. The molecule has 6 nitrogen and oxygen atoms in total. The van der Waals surface area contributed by atoms with E-state index in [9.17, 15) is 9.59 Å². The van der Waals surface area contributed by atoms with E-state index in [1.54, 1.807) is 6.92 Å². The van der Waals surface area contributed by atoms with Crippen molar-refractivity contribution >= 4 is 11.8 Å².